The molecule has 0 atom stereocenters. The quantitative estimate of drug-likeness (QED) is 0.122. The maximum atomic E-state index is 14.3. The van der Waals surface area contributed by atoms with Crippen molar-refractivity contribution in [3.63, 3.8) is 0 Å². The summed E-state index contributed by atoms with van der Waals surface area (Å²) in [6.45, 7) is 13.1. The van der Waals surface area contributed by atoms with E-state index in [2.05, 4.69) is 55.5 Å². The summed E-state index contributed by atoms with van der Waals surface area (Å²) in [5.74, 6) is 0.00696. The van der Waals surface area contributed by atoms with E-state index in [0.29, 0.717) is 46.7 Å². The van der Waals surface area contributed by atoms with E-state index in [1.165, 1.54) is 28.8 Å². The van der Waals surface area contributed by atoms with E-state index < -0.39 is 15.9 Å². The lowest BCUT2D eigenvalue weighted by Gasteiger charge is -2.39. The van der Waals surface area contributed by atoms with Gasteiger partial charge in [0.2, 0.25) is 0 Å². The molecule has 0 saturated carbocycles. The first-order valence-corrected chi connectivity index (χ1v) is 25.8. The van der Waals surface area contributed by atoms with Crippen LogP contribution in [0.15, 0.2) is 95.7 Å². The van der Waals surface area contributed by atoms with Crippen molar-refractivity contribution in [2.24, 2.45) is 11.3 Å². The number of sulfonamides is 1. The fourth-order valence-electron chi connectivity index (χ4n) is 10.4. The molecule has 0 unspecified atom stereocenters. The SMILES string of the molecule is CC1(C)CCC(CN2CCN(c3ccc(C(=O)NS(=O)(=O)c4ccc(OCC5CCN(C6CCOCC6)CC5)c(Cl)c4)c(-n4[nH]cc5nc6nccc6cc54)c3)CC2)=C(c2ccc(Cl)cc2)C1. The summed E-state index contributed by atoms with van der Waals surface area (Å²) in [6.07, 6.45) is 11.0. The number of halogens is 2. The van der Waals surface area contributed by atoms with Crippen LogP contribution in [-0.2, 0) is 14.8 Å². The molecule has 2 N–H and O–H groups in total. The third-order valence-electron chi connectivity index (χ3n) is 14.3. The highest BCUT2D eigenvalue weighted by atomic mass is 35.5. The van der Waals surface area contributed by atoms with Gasteiger partial charge in [-0.3, -0.25) is 19.5 Å². The monoisotopic (exact) mass is 964 g/mol. The Morgan fingerprint density at radius 1 is 0.925 bits per heavy atom. The van der Waals surface area contributed by atoms with Gasteiger partial charge in [-0.05, 0) is 141 Å². The van der Waals surface area contributed by atoms with Crippen LogP contribution in [0.2, 0.25) is 10.0 Å². The smallest absolute Gasteiger partial charge is 0.267 e. The van der Waals surface area contributed by atoms with Crippen LogP contribution in [0.4, 0.5) is 5.69 Å². The van der Waals surface area contributed by atoms with Gasteiger partial charge in [0.05, 0.1) is 33.3 Å². The van der Waals surface area contributed by atoms with Gasteiger partial charge in [0.15, 0.2) is 5.65 Å². The fourth-order valence-corrected chi connectivity index (χ4v) is 11.8. The Morgan fingerprint density at radius 3 is 2.46 bits per heavy atom. The molecule has 1 amide bonds. The highest BCUT2D eigenvalue weighted by molar-refractivity contribution is 7.90. The summed E-state index contributed by atoms with van der Waals surface area (Å²) in [4.78, 5) is 30.7. The summed E-state index contributed by atoms with van der Waals surface area (Å²) in [5.41, 5.74) is 7.97. The number of nitrogens with one attached hydrogen (secondary N) is 2. The number of aromatic amines is 1. The normalized spacial score (nSPS) is 19.4. The molecule has 352 valence electrons. The van der Waals surface area contributed by atoms with Crippen LogP contribution in [0, 0.1) is 11.3 Å². The number of H-pyrrole nitrogens is 1. The summed E-state index contributed by atoms with van der Waals surface area (Å²) < 4.78 is 43.6. The number of ether oxygens (including phenoxy) is 2. The maximum absolute atomic E-state index is 14.3. The van der Waals surface area contributed by atoms with E-state index in [1.807, 2.05) is 36.4 Å². The van der Waals surface area contributed by atoms with Gasteiger partial charge in [-0.1, -0.05) is 54.8 Å². The topological polar surface area (TPSA) is 138 Å². The second-order valence-electron chi connectivity index (χ2n) is 19.4. The Morgan fingerprint density at radius 2 is 1.70 bits per heavy atom. The van der Waals surface area contributed by atoms with Gasteiger partial charge in [-0.15, -0.1) is 0 Å². The third kappa shape index (κ3) is 10.1. The second kappa shape index (κ2) is 19.2. The van der Waals surface area contributed by atoms with Crippen LogP contribution in [-0.4, -0.2) is 116 Å². The van der Waals surface area contributed by atoms with Crippen molar-refractivity contribution in [3.05, 3.63) is 112 Å². The van der Waals surface area contributed by atoms with Crippen molar-refractivity contribution in [2.75, 3.05) is 70.5 Å². The lowest BCUT2D eigenvalue weighted by molar-refractivity contribution is 0.0175. The second-order valence-corrected chi connectivity index (χ2v) is 21.9. The molecule has 1 aliphatic carbocycles. The number of aromatic nitrogens is 4. The molecule has 3 aromatic heterocycles. The Hall–Kier alpha value is -4.96. The van der Waals surface area contributed by atoms with Gasteiger partial charge < -0.3 is 19.3 Å². The number of rotatable bonds is 12. The molecule has 0 spiro atoms. The number of amides is 1. The molecule has 10 rings (SSSR count). The standard InChI is InChI=1S/C51H58Cl2N8O5S/c1-51(2)17-11-37(43(30-51)35-3-5-38(52)6-4-35)32-58-21-23-60(24-22-58)40-7-9-42(46(28-40)61-47-27-36-12-18-54-49(36)56-45(47)31-55-61)50(62)57-67(63,64)41-8-10-48(44(53)29-41)66-33-34-13-19-59(20-14-34)39-15-25-65-26-16-39/h3-10,12,18,27-29,31,34,39,55H,11,13-17,19-26,30,32-33H2,1-2H3,(H,57,62). The Bertz CT molecular complexity index is 2910. The lowest BCUT2D eigenvalue weighted by Crippen LogP contribution is -2.47. The first-order valence-electron chi connectivity index (χ1n) is 23.6. The van der Waals surface area contributed by atoms with Gasteiger partial charge in [0.1, 0.15) is 11.3 Å². The molecule has 67 heavy (non-hydrogen) atoms. The van der Waals surface area contributed by atoms with Gasteiger partial charge in [0.25, 0.3) is 15.9 Å². The van der Waals surface area contributed by atoms with Crippen LogP contribution in [0.5, 0.6) is 5.75 Å². The van der Waals surface area contributed by atoms with Gasteiger partial charge >= 0.3 is 0 Å². The largest absolute Gasteiger partial charge is 0.492 e. The van der Waals surface area contributed by atoms with Gasteiger partial charge in [-0.2, -0.15) is 0 Å². The zero-order valence-electron chi connectivity index (χ0n) is 38.1. The fraction of sp³-hybridized carbons (Fsp3) is 0.431. The number of hydrogen-bond acceptors (Lipinski definition) is 10. The molecule has 3 saturated heterocycles. The van der Waals surface area contributed by atoms with E-state index in [0.717, 1.165) is 120 Å². The van der Waals surface area contributed by atoms with E-state index in [9.17, 15) is 13.2 Å². The van der Waals surface area contributed by atoms with E-state index in [-0.39, 0.29) is 20.9 Å². The Balaban J connectivity index is 0.850. The molecule has 6 heterocycles. The first kappa shape index (κ1) is 45.8. The number of anilines is 1. The minimum atomic E-state index is -4.35. The molecule has 16 heteroatoms. The number of benzene rings is 3. The van der Waals surface area contributed by atoms with Crippen LogP contribution in [0.1, 0.15) is 74.7 Å². The number of carbonyl (C=O) groups excluding carboxylic acids is 1. The zero-order valence-corrected chi connectivity index (χ0v) is 40.5. The summed E-state index contributed by atoms with van der Waals surface area (Å²) in [5, 5.41) is 5.03. The molecule has 3 fully saturated rings. The number of hydrogen-bond donors (Lipinski definition) is 2. The average Bonchev–Trinajstić information content (AvgIpc) is 3.98. The van der Waals surface area contributed by atoms with Crippen molar-refractivity contribution >= 4 is 72.5 Å². The number of allylic oxidation sites excluding steroid dienone is 1. The molecular weight excluding hydrogens is 908 g/mol. The summed E-state index contributed by atoms with van der Waals surface area (Å²) >= 11 is 12.9. The Kier molecular flexibility index (Phi) is 13.1. The van der Waals surface area contributed by atoms with Crippen LogP contribution in [0.3, 0.4) is 0 Å². The van der Waals surface area contributed by atoms with Gasteiger partial charge in [-0.25, -0.2) is 23.1 Å². The predicted octanol–water partition coefficient (Wildman–Crippen LogP) is 9.38. The zero-order chi connectivity index (χ0) is 46.3. The van der Waals surface area contributed by atoms with E-state index in [4.69, 9.17) is 37.7 Å². The Labute approximate surface area is 402 Å². The maximum Gasteiger partial charge on any atom is 0.267 e. The van der Waals surface area contributed by atoms with Crippen molar-refractivity contribution in [2.45, 2.75) is 69.7 Å². The van der Waals surface area contributed by atoms with Crippen LogP contribution < -0.4 is 14.4 Å². The lowest BCUT2D eigenvalue weighted by atomic mass is 9.72. The van der Waals surface area contributed by atoms with Crippen LogP contribution >= 0.6 is 23.2 Å². The van der Waals surface area contributed by atoms with Crippen molar-refractivity contribution < 1.29 is 22.7 Å². The molecule has 6 aromatic rings. The third-order valence-corrected chi connectivity index (χ3v) is 16.2. The molecule has 13 nitrogen and oxygen atoms in total. The number of fused-ring (bicyclic) bond motifs is 2. The van der Waals surface area contributed by atoms with Gasteiger partial charge in [0, 0.05) is 80.5 Å². The van der Waals surface area contributed by atoms with E-state index >= 15 is 0 Å². The minimum absolute atomic E-state index is 0.139. The molecule has 4 aliphatic rings. The first-order chi connectivity index (χ1) is 32.4. The molecule has 3 aromatic carbocycles. The van der Waals surface area contributed by atoms with Crippen molar-refractivity contribution in [1.82, 2.24) is 34.3 Å². The molecule has 0 bridgehead atoms. The molecule has 3 aliphatic heterocycles. The summed E-state index contributed by atoms with van der Waals surface area (Å²) in [7, 11) is -4.35. The minimum Gasteiger partial charge on any atom is -0.492 e. The number of piperidine rings is 1. The molecule has 0 radical (unpaired) electrons. The number of likely N-dealkylation sites (tertiary alicyclic amines) is 1. The molecular formula is C51H58Cl2N8O5S. The highest BCUT2D eigenvalue weighted by Crippen LogP contribution is 2.43. The number of pyridine rings is 1. The summed E-state index contributed by atoms with van der Waals surface area (Å²) in [6, 6.07) is 22.6. The number of carbonyl (C=O) groups is 1. The average molecular weight is 966 g/mol. The van der Waals surface area contributed by atoms with Crippen molar-refractivity contribution in [3.8, 4) is 11.4 Å². The number of piperazine rings is 1. The van der Waals surface area contributed by atoms with E-state index in [1.54, 1.807) is 29.2 Å². The predicted molar refractivity (Wildman–Crippen MR) is 265 cm³/mol. The van der Waals surface area contributed by atoms with Crippen LogP contribution in [0.25, 0.3) is 33.3 Å². The van der Waals surface area contributed by atoms with Crippen molar-refractivity contribution in [1.29, 1.82) is 0 Å². The number of nitrogens with zero attached hydrogens (tertiary/aromatic N) is 6. The highest BCUT2D eigenvalue weighted by Gasteiger charge is 2.31.